The zero-order valence-electron chi connectivity index (χ0n) is 18.6. The molecule has 2 N–H and O–H groups in total. The number of ether oxygens (including phenoxy) is 3. The Kier molecular flexibility index (Phi) is 9.44. The molecule has 2 aromatic rings. The molecule has 0 aliphatic heterocycles. The molecule has 3 rings (SSSR count). The summed E-state index contributed by atoms with van der Waals surface area (Å²) in [5, 5.41) is 6.80. The second kappa shape index (κ2) is 12.8. The van der Waals surface area contributed by atoms with Gasteiger partial charge in [0.1, 0.15) is 5.75 Å². The first kappa shape index (κ1) is 22.9. The number of hydrogen-bond acceptors (Lipinski definition) is 5. The van der Waals surface area contributed by atoms with Gasteiger partial charge in [0.15, 0.2) is 5.96 Å². The van der Waals surface area contributed by atoms with Gasteiger partial charge in [-0.2, -0.15) is 0 Å². The molecule has 1 aliphatic carbocycles. The number of nitrogens with zero attached hydrogens (tertiary/aromatic N) is 2. The highest BCUT2D eigenvalue weighted by molar-refractivity contribution is 5.79. The van der Waals surface area contributed by atoms with Crippen LogP contribution in [0.15, 0.2) is 47.6 Å². The Morgan fingerprint density at radius 1 is 1.13 bits per heavy atom. The van der Waals surface area contributed by atoms with E-state index in [0.717, 1.165) is 55.6 Å². The second-order valence-corrected chi connectivity index (χ2v) is 7.60. The third kappa shape index (κ3) is 8.84. The predicted molar refractivity (Wildman–Crippen MR) is 123 cm³/mol. The van der Waals surface area contributed by atoms with Crippen LogP contribution in [0.1, 0.15) is 37.3 Å². The van der Waals surface area contributed by atoms with Crippen LogP contribution in [0.2, 0.25) is 0 Å². The van der Waals surface area contributed by atoms with Crippen molar-refractivity contribution in [3.63, 3.8) is 0 Å². The highest BCUT2D eigenvalue weighted by Crippen LogP contribution is 2.29. The molecule has 1 fully saturated rings. The smallest absolute Gasteiger partial charge is 0.213 e. The molecule has 1 aromatic carbocycles. The molecular weight excluding hydrogens is 392 g/mol. The summed E-state index contributed by atoms with van der Waals surface area (Å²) in [6.45, 7) is 6.26. The van der Waals surface area contributed by atoms with E-state index in [-0.39, 0.29) is 0 Å². The van der Waals surface area contributed by atoms with Crippen LogP contribution in [0.4, 0.5) is 0 Å². The van der Waals surface area contributed by atoms with Crippen LogP contribution in [0.25, 0.3) is 0 Å². The van der Waals surface area contributed by atoms with Crippen LogP contribution >= 0.6 is 0 Å². The minimum atomic E-state index is 0.547. The summed E-state index contributed by atoms with van der Waals surface area (Å²) in [5.41, 5.74) is 2.23. The number of methoxy groups -OCH3 is 1. The van der Waals surface area contributed by atoms with Gasteiger partial charge in [-0.05, 0) is 61.4 Å². The van der Waals surface area contributed by atoms with Crippen LogP contribution in [-0.2, 0) is 17.8 Å². The van der Waals surface area contributed by atoms with Crippen molar-refractivity contribution in [1.29, 1.82) is 0 Å². The highest BCUT2D eigenvalue weighted by atomic mass is 16.5. The van der Waals surface area contributed by atoms with Crippen molar-refractivity contribution in [2.24, 2.45) is 10.9 Å². The normalized spacial score (nSPS) is 13.7. The maximum atomic E-state index is 5.79. The minimum absolute atomic E-state index is 0.547. The van der Waals surface area contributed by atoms with Gasteiger partial charge in [-0.25, -0.2) is 9.98 Å². The zero-order chi connectivity index (χ0) is 21.7. The van der Waals surface area contributed by atoms with Crippen molar-refractivity contribution in [3.05, 3.63) is 53.7 Å². The molecule has 1 saturated carbocycles. The maximum Gasteiger partial charge on any atom is 0.213 e. The first-order valence-electron chi connectivity index (χ1n) is 11.1. The molecule has 31 heavy (non-hydrogen) atoms. The van der Waals surface area contributed by atoms with E-state index < -0.39 is 0 Å². The summed E-state index contributed by atoms with van der Waals surface area (Å²) in [4.78, 5) is 9.06. The number of rotatable bonds is 13. The van der Waals surface area contributed by atoms with Crippen LogP contribution in [-0.4, -0.2) is 44.4 Å². The van der Waals surface area contributed by atoms with Crippen molar-refractivity contribution < 1.29 is 14.2 Å². The van der Waals surface area contributed by atoms with Gasteiger partial charge in [-0.15, -0.1) is 0 Å². The summed E-state index contributed by atoms with van der Waals surface area (Å²) < 4.78 is 16.4. The summed E-state index contributed by atoms with van der Waals surface area (Å²) in [7, 11) is 1.67. The Bertz CT molecular complexity index is 807. The van der Waals surface area contributed by atoms with Crippen molar-refractivity contribution >= 4 is 5.96 Å². The van der Waals surface area contributed by atoms with E-state index in [1.165, 1.54) is 12.8 Å². The number of benzene rings is 1. The predicted octanol–water partition coefficient (Wildman–Crippen LogP) is 3.54. The second-order valence-electron chi connectivity index (χ2n) is 7.60. The molecule has 168 valence electrons. The molecule has 0 radical (unpaired) electrons. The maximum absolute atomic E-state index is 5.79. The van der Waals surface area contributed by atoms with Crippen molar-refractivity contribution in [1.82, 2.24) is 15.6 Å². The molecule has 0 spiro atoms. The Hall–Kier alpha value is -2.80. The molecule has 0 saturated heterocycles. The van der Waals surface area contributed by atoms with Crippen molar-refractivity contribution in [3.8, 4) is 11.6 Å². The average molecular weight is 427 g/mol. The van der Waals surface area contributed by atoms with E-state index >= 15 is 0 Å². The highest BCUT2D eigenvalue weighted by Gasteiger charge is 2.22. The van der Waals surface area contributed by atoms with Gasteiger partial charge in [0, 0.05) is 38.6 Å². The summed E-state index contributed by atoms with van der Waals surface area (Å²) in [6.07, 6.45) is 5.24. The lowest BCUT2D eigenvalue weighted by atomic mass is 10.2. The monoisotopic (exact) mass is 426 g/mol. The fourth-order valence-electron chi connectivity index (χ4n) is 2.91. The number of guanidine groups is 1. The van der Waals surface area contributed by atoms with Crippen LogP contribution in [0.3, 0.4) is 0 Å². The fraction of sp³-hybridized carbons (Fsp3) is 0.500. The van der Waals surface area contributed by atoms with Gasteiger partial charge in [0.2, 0.25) is 5.88 Å². The molecule has 0 bridgehead atoms. The molecule has 0 unspecified atom stereocenters. The Morgan fingerprint density at radius 2 is 1.97 bits per heavy atom. The summed E-state index contributed by atoms with van der Waals surface area (Å²) in [5.74, 6) is 3.00. The largest absolute Gasteiger partial charge is 0.497 e. The van der Waals surface area contributed by atoms with Crippen molar-refractivity contribution in [2.45, 2.75) is 39.3 Å². The zero-order valence-corrected chi connectivity index (χ0v) is 18.6. The topological polar surface area (TPSA) is 77.0 Å². The molecule has 1 heterocycles. The molecule has 1 aromatic heterocycles. The van der Waals surface area contributed by atoms with Gasteiger partial charge in [-0.1, -0.05) is 12.1 Å². The number of aromatic nitrogens is 1. The molecular formula is C24H34N4O3. The van der Waals surface area contributed by atoms with E-state index in [2.05, 4.69) is 15.6 Å². The van der Waals surface area contributed by atoms with Gasteiger partial charge in [0.25, 0.3) is 0 Å². The van der Waals surface area contributed by atoms with Crippen LogP contribution in [0.5, 0.6) is 11.6 Å². The van der Waals surface area contributed by atoms with Gasteiger partial charge < -0.3 is 24.8 Å². The van der Waals surface area contributed by atoms with E-state index in [9.17, 15) is 0 Å². The molecule has 0 amide bonds. The van der Waals surface area contributed by atoms with Gasteiger partial charge in [-0.3, -0.25) is 0 Å². The van der Waals surface area contributed by atoms with Crippen LogP contribution in [0, 0.1) is 5.92 Å². The Morgan fingerprint density at radius 3 is 2.71 bits per heavy atom. The molecule has 7 nitrogen and oxygen atoms in total. The lowest BCUT2D eigenvalue weighted by Gasteiger charge is -2.13. The number of aliphatic imine (C=N–C) groups is 1. The number of nitrogens with one attached hydrogen (secondary N) is 2. The third-order valence-corrected chi connectivity index (χ3v) is 4.96. The first-order valence-corrected chi connectivity index (χ1v) is 11.1. The van der Waals surface area contributed by atoms with E-state index in [1.54, 1.807) is 13.3 Å². The van der Waals surface area contributed by atoms with E-state index in [1.807, 2.05) is 43.3 Å². The third-order valence-electron chi connectivity index (χ3n) is 4.96. The Labute approximate surface area is 185 Å². The molecule has 7 heteroatoms. The quantitative estimate of drug-likeness (QED) is 0.290. The number of pyridine rings is 1. The van der Waals surface area contributed by atoms with Gasteiger partial charge >= 0.3 is 0 Å². The lowest BCUT2D eigenvalue weighted by Crippen LogP contribution is -2.37. The molecule has 0 atom stereocenters. The average Bonchev–Trinajstić information content (AvgIpc) is 3.64. The minimum Gasteiger partial charge on any atom is -0.497 e. The van der Waals surface area contributed by atoms with Crippen LogP contribution < -0.4 is 20.1 Å². The summed E-state index contributed by atoms with van der Waals surface area (Å²) >= 11 is 0. The van der Waals surface area contributed by atoms with Gasteiger partial charge in [0.05, 0.1) is 20.3 Å². The number of hydrogen-bond donors (Lipinski definition) is 2. The van der Waals surface area contributed by atoms with Crippen molar-refractivity contribution in [2.75, 3.05) is 33.5 Å². The summed E-state index contributed by atoms with van der Waals surface area (Å²) in [6, 6.07) is 12.0. The lowest BCUT2D eigenvalue weighted by molar-refractivity contribution is 0.145. The van der Waals surface area contributed by atoms with E-state index in [0.29, 0.717) is 24.9 Å². The molecule has 1 aliphatic rings. The standard InChI is InChI=1S/C24H34N4O3/c1-3-30-14-4-12-26-24(27-16-19-7-9-22(29-2)10-8-19)28-17-21-11-13-25-23(15-21)31-18-20-5-6-20/h7-11,13,15,20H,3-6,12,14,16-18H2,1-2H3,(H2,26,27,28). The van der Waals surface area contributed by atoms with E-state index in [4.69, 9.17) is 19.2 Å². The first-order chi connectivity index (χ1) is 15.3. The SMILES string of the molecule is CCOCCCNC(=NCc1ccnc(OCC2CC2)c1)NCc1ccc(OC)cc1. The Balaban J connectivity index is 1.55. The fourth-order valence-corrected chi connectivity index (χ4v) is 2.91.